The summed E-state index contributed by atoms with van der Waals surface area (Å²) in [5.41, 5.74) is -0.584. The molecule has 1 saturated heterocycles. The SMILES string of the molecule is BOC(=O)/C=C/O/N=C(\C(=O)N[C@@H]1C(=O)N2C(C(=O)OCc3ccc(OC)cc3)=C(CCl)C[S+]([O-])[C@H]12)c1csc(NC(=O)OC(C)(C)C)n1. The molecule has 2 aromatic rings. The van der Waals surface area contributed by atoms with Crippen LogP contribution >= 0.6 is 22.9 Å². The highest BCUT2D eigenvalue weighted by atomic mass is 35.5. The number of alkyl halides is 1. The number of esters is 1. The van der Waals surface area contributed by atoms with Gasteiger partial charge in [-0.1, -0.05) is 17.3 Å². The van der Waals surface area contributed by atoms with Crippen molar-refractivity contribution in [2.75, 3.05) is 24.1 Å². The van der Waals surface area contributed by atoms with Crippen LogP contribution in [-0.2, 0) is 55.9 Å². The van der Waals surface area contributed by atoms with Gasteiger partial charge in [-0.15, -0.1) is 22.9 Å². The van der Waals surface area contributed by atoms with E-state index in [1.165, 1.54) is 12.5 Å². The fourth-order valence-corrected chi connectivity index (χ4v) is 7.06. The van der Waals surface area contributed by atoms with Gasteiger partial charge in [0.25, 0.3) is 11.8 Å². The topological polar surface area (TPSA) is 207 Å². The van der Waals surface area contributed by atoms with E-state index in [9.17, 15) is 28.5 Å². The number of rotatable bonds is 12. The molecule has 20 heteroatoms. The number of carbonyl (C=O) groups is 5. The number of aromatic nitrogens is 1. The van der Waals surface area contributed by atoms with Gasteiger partial charge in [-0.3, -0.25) is 19.8 Å². The molecule has 1 unspecified atom stereocenters. The molecule has 3 atom stereocenters. The van der Waals surface area contributed by atoms with E-state index in [-0.39, 0.29) is 40.3 Å². The Morgan fingerprint density at radius 3 is 2.59 bits per heavy atom. The fraction of sp³-hybridized carbons (Fsp3) is 0.345. The molecule has 2 aliphatic rings. The van der Waals surface area contributed by atoms with Gasteiger partial charge in [0.05, 0.1) is 19.1 Å². The zero-order chi connectivity index (χ0) is 35.9. The molecule has 2 aliphatic heterocycles. The van der Waals surface area contributed by atoms with Crippen LogP contribution in [0.2, 0.25) is 0 Å². The van der Waals surface area contributed by atoms with Crippen LogP contribution < -0.4 is 15.4 Å². The summed E-state index contributed by atoms with van der Waals surface area (Å²) in [5.74, 6) is -3.07. The van der Waals surface area contributed by atoms with Crippen LogP contribution in [0, 0.1) is 0 Å². The number of oxime groups is 1. The summed E-state index contributed by atoms with van der Waals surface area (Å²) in [6, 6.07) is 5.45. The molecule has 0 saturated carbocycles. The van der Waals surface area contributed by atoms with Crippen molar-refractivity contribution in [2.45, 2.75) is 44.4 Å². The number of nitrogens with one attached hydrogen (secondary N) is 2. The van der Waals surface area contributed by atoms with E-state index in [1.54, 1.807) is 45.0 Å². The molecule has 4 rings (SSSR count). The van der Waals surface area contributed by atoms with Crippen molar-refractivity contribution < 1.29 is 52.2 Å². The molecule has 0 spiro atoms. The van der Waals surface area contributed by atoms with Crippen molar-refractivity contribution in [2.24, 2.45) is 5.16 Å². The first-order valence-corrected chi connectivity index (χ1v) is 17.1. The lowest BCUT2D eigenvalue weighted by Gasteiger charge is -2.49. The Hall–Kier alpha value is -4.59. The zero-order valence-corrected chi connectivity index (χ0v) is 29.2. The molecule has 1 aromatic heterocycles. The summed E-state index contributed by atoms with van der Waals surface area (Å²) in [5, 5.41) is 8.96. The normalized spacial score (nSPS) is 19.1. The first-order valence-electron chi connectivity index (χ1n) is 14.3. The van der Waals surface area contributed by atoms with E-state index in [1.807, 2.05) is 0 Å². The lowest BCUT2D eigenvalue weighted by molar-refractivity contribution is -0.153. The molecule has 0 bridgehead atoms. The summed E-state index contributed by atoms with van der Waals surface area (Å²) in [7, 11) is 2.67. The number of nitrogens with zero attached hydrogens (tertiary/aromatic N) is 3. The molecule has 1 fully saturated rings. The minimum atomic E-state index is -1.77. The van der Waals surface area contributed by atoms with Crippen molar-refractivity contribution >= 4 is 82.9 Å². The standard InChI is InChI=1S/C29H31BClN5O11S2/c1-29(2,3)46-28(41)34-27-32-18(13-48-27)20(35-45-10-9-19(37)47-30)23(38)33-21-24(39)36-22(16(11-31)14-49(42)25(21)36)26(40)44-12-15-5-7-17(43-4)8-6-15/h5-10,13,21,25H,11-12,14,30H2,1-4H3,(H,33,38)(H,32,34,41)/b10-9+,35-20-/t21-,25-,49?/m1/s1. The number of hydrogen-bond acceptors (Lipinski definition) is 14. The number of methoxy groups -OCH3 is 1. The maximum absolute atomic E-state index is 13.5. The molecule has 0 aliphatic carbocycles. The Morgan fingerprint density at radius 2 is 1.96 bits per heavy atom. The molecular weight excluding hydrogens is 705 g/mol. The number of amides is 3. The second-order valence-electron chi connectivity index (χ2n) is 11.1. The Labute approximate surface area is 293 Å². The van der Waals surface area contributed by atoms with Gasteiger partial charge in [0.2, 0.25) is 5.37 Å². The predicted octanol–water partition coefficient (Wildman–Crippen LogP) is 1.48. The molecule has 16 nitrogen and oxygen atoms in total. The number of anilines is 1. The second kappa shape index (κ2) is 16.2. The smallest absolute Gasteiger partial charge is 0.413 e. The largest absolute Gasteiger partial charge is 0.614 e. The Kier molecular flexibility index (Phi) is 12.3. The highest BCUT2D eigenvalue weighted by Crippen LogP contribution is 2.37. The minimum absolute atomic E-state index is 0.0469. The number of thiazole rings is 1. The third kappa shape index (κ3) is 9.31. The highest BCUT2D eigenvalue weighted by molar-refractivity contribution is 7.92. The molecule has 0 radical (unpaired) electrons. The third-order valence-corrected chi connectivity index (χ3v) is 9.29. The molecule has 3 heterocycles. The van der Waals surface area contributed by atoms with Crippen molar-refractivity contribution in [1.82, 2.24) is 15.2 Å². The molecule has 1 aromatic carbocycles. The number of carbonyl (C=O) groups excluding carboxylic acids is 5. The average Bonchev–Trinajstić information content (AvgIpc) is 3.51. The molecule has 3 amide bonds. The van der Waals surface area contributed by atoms with Crippen LogP contribution in [-0.4, -0.2) is 93.8 Å². The maximum atomic E-state index is 13.5. The third-order valence-electron chi connectivity index (χ3n) is 6.55. The number of β-lactam (4-membered cyclic amide) rings is 1. The summed E-state index contributed by atoms with van der Waals surface area (Å²) in [6.45, 7) is 4.91. The number of benzene rings is 1. The number of ether oxygens (including phenoxy) is 3. The van der Waals surface area contributed by atoms with Crippen LogP contribution in [0.4, 0.5) is 9.93 Å². The number of halogens is 1. The summed E-state index contributed by atoms with van der Waals surface area (Å²) < 4.78 is 33.5. The molecule has 260 valence electrons. The summed E-state index contributed by atoms with van der Waals surface area (Å²) in [6.07, 6.45) is 0.945. The first kappa shape index (κ1) is 37.2. The Bertz CT molecular complexity index is 1690. The van der Waals surface area contributed by atoms with Gasteiger partial charge >= 0.3 is 26.1 Å². The van der Waals surface area contributed by atoms with Crippen molar-refractivity contribution in [3.05, 3.63) is 64.5 Å². The Morgan fingerprint density at radius 1 is 1.24 bits per heavy atom. The van der Waals surface area contributed by atoms with E-state index in [2.05, 4.69) is 25.4 Å². The monoisotopic (exact) mass is 735 g/mol. The quantitative estimate of drug-likeness (QED) is 0.0366. The van der Waals surface area contributed by atoms with E-state index in [0.717, 1.165) is 36.6 Å². The lowest BCUT2D eigenvalue weighted by Crippen LogP contribution is -2.75. The van der Waals surface area contributed by atoms with Gasteiger partial charge in [-0.25, -0.2) is 19.4 Å². The molecule has 2 N–H and O–H groups in total. The van der Waals surface area contributed by atoms with Gasteiger partial charge in [-0.05, 0) is 49.6 Å². The van der Waals surface area contributed by atoms with Gasteiger partial charge in [-0.2, -0.15) is 0 Å². The van der Waals surface area contributed by atoms with Crippen LogP contribution in [0.15, 0.2) is 58.4 Å². The Balaban J connectivity index is 1.52. The van der Waals surface area contributed by atoms with Crippen LogP contribution in [0.3, 0.4) is 0 Å². The minimum Gasteiger partial charge on any atom is -0.614 e. The highest BCUT2D eigenvalue weighted by Gasteiger charge is 2.61. The number of hydrogen-bond donors (Lipinski definition) is 2. The number of fused-ring (bicyclic) bond motifs is 1. The second-order valence-corrected chi connectivity index (χ2v) is 13.8. The average molecular weight is 736 g/mol. The van der Waals surface area contributed by atoms with E-state index < -0.39 is 63.8 Å². The van der Waals surface area contributed by atoms with Crippen molar-refractivity contribution in [1.29, 1.82) is 0 Å². The van der Waals surface area contributed by atoms with E-state index >= 15 is 0 Å². The summed E-state index contributed by atoms with van der Waals surface area (Å²) in [4.78, 5) is 74.0. The van der Waals surface area contributed by atoms with Crippen LogP contribution in [0.25, 0.3) is 0 Å². The van der Waals surface area contributed by atoms with Gasteiger partial charge in [0, 0.05) is 11.0 Å². The predicted molar refractivity (Wildman–Crippen MR) is 179 cm³/mol. The fourth-order valence-electron chi connectivity index (χ4n) is 4.37. The summed E-state index contributed by atoms with van der Waals surface area (Å²) >= 11 is 5.24. The van der Waals surface area contributed by atoms with Gasteiger partial charge in [0.1, 0.15) is 41.4 Å². The van der Waals surface area contributed by atoms with Crippen molar-refractivity contribution in [3.63, 3.8) is 0 Å². The van der Waals surface area contributed by atoms with Crippen LogP contribution in [0.5, 0.6) is 5.75 Å². The maximum Gasteiger partial charge on any atom is 0.413 e. The molecular formula is C29H31BClN5O11S2. The van der Waals surface area contributed by atoms with Crippen molar-refractivity contribution in [3.8, 4) is 5.75 Å². The van der Waals surface area contributed by atoms with Gasteiger partial charge in [0.15, 0.2) is 16.9 Å². The lowest BCUT2D eigenvalue weighted by atomic mass is 10.0. The first-order chi connectivity index (χ1) is 23.3. The van der Waals surface area contributed by atoms with Gasteiger partial charge < -0.3 is 33.6 Å². The van der Waals surface area contributed by atoms with E-state index in [0.29, 0.717) is 11.3 Å². The van der Waals surface area contributed by atoms with Crippen LogP contribution in [0.1, 0.15) is 32.0 Å². The van der Waals surface area contributed by atoms with E-state index in [4.69, 9.17) is 30.6 Å². The zero-order valence-electron chi connectivity index (χ0n) is 26.8. The molecule has 49 heavy (non-hydrogen) atoms.